The summed E-state index contributed by atoms with van der Waals surface area (Å²) < 4.78 is 11.6. The van der Waals surface area contributed by atoms with Crippen molar-refractivity contribution in [1.82, 2.24) is 15.2 Å². The second-order valence-electron chi connectivity index (χ2n) is 6.03. The van der Waals surface area contributed by atoms with E-state index in [4.69, 9.17) is 9.47 Å². The largest absolute Gasteiger partial charge is 0.490 e. The topological polar surface area (TPSA) is 97.3 Å². The van der Waals surface area contributed by atoms with Crippen LogP contribution < -0.4 is 9.47 Å². The molecule has 0 fully saturated rings. The first-order valence-corrected chi connectivity index (χ1v) is 9.82. The van der Waals surface area contributed by atoms with Crippen LogP contribution in [0, 0.1) is 6.92 Å². The van der Waals surface area contributed by atoms with Gasteiger partial charge in [-0.25, -0.2) is 9.78 Å². The molecule has 29 heavy (non-hydrogen) atoms. The van der Waals surface area contributed by atoms with Crippen LogP contribution in [0.5, 0.6) is 11.5 Å². The van der Waals surface area contributed by atoms with Crippen molar-refractivity contribution in [3.63, 3.8) is 0 Å². The molecule has 0 aliphatic heterocycles. The number of aromatic nitrogens is 3. The number of carbonyl (C=O) groups is 1. The maximum atomic E-state index is 11.6. The van der Waals surface area contributed by atoms with Crippen LogP contribution in [0.4, 0.5) is 0 Å². The Hall–Kier alpha value is -3.26. The maximum absolute atomic E-state index is 11.6. The third kappa shape index (κ3) is 5.86. The molecule has 3 aromatic rings. The van der Waals surface area contributed by atoms with Crippen molar-refractivity contribution in [2.24, 2.45) is 0 Å². The number of carboxylic acid groups (broad SMARTS) is 1. The molecule has 2 aromatic carbocycles. The lowest BCUT2D eigenvalue weighted by Gasteiger charge is -2.13. The van der Waals surface area contributed by atoms with E-state index in [2.05, 4.69) is 15.2 Å². The number of benzene rings is 2. The summed E-state index contributed by atoms with van der Waals surface area (Å²) >= 11 is 0.979. The number of aliphatic carboxylic acids is 1. The molecule has 2 N–H and O–H groups in total. The second kappa shape index (κ2) is 9.79. The standard InChI is InChI=1S/C21H21N3O4S/c1-3-27-18-11-16(9-10-17(18)28-13-15-7-5-4-6-8-15)12-19(20(25)26)29-21-22-14(2)23-24-21/h4-12H,3,13H2,1-2H3,(H,25,26)(H,22,23,24)/b19-12-. The predicted molar refractivity (Wildman–Crippen MR) is 111 cm³/mol. The van der Waals surface area contributed by atoms with E-state index >= 15 is 0 Å². The highest BCUT2D eigenvalue weighted by Crippen LogP contribution is 2.32. The Bertz CT molecular complexity index is 1000. The Morgan fingerprint density at radius 1 is 1.17 bits per heavy atom. The lowest BCUT2D eigenvalue weighted by molar-refractivity contribution is -0.131. The molecule has 0 saturated heterocycles. The fraction of sp³-hybridized carbons (Fsp3) is 0.190. The van der Waals surface area contributed by atoms with E-state index in [9.17, 15) is 9.90 Å². The number of carboxylic acids is 1. The summed E-state index contributed by atoms with van der Waals surface area (Å²) in [4.78, 5) is 15.9. The minimum Gasteiger partial charge on any atom is -0.490 e. The van der Waals surface area contributed by atoms with Gasteiger partial charge in [-0.3, -0.25) is 5.10 Å². The van der Waals surface area contributed by atoms with Gasteiger partial charge in [0.2, 0.25) is 5.16 Å². The molecular weight excluding hydrogens is 390 g/mol. The summed E-state index contributed by atoms with van der Waals surface area (Å²) in [5.74, 6) is 0.721. The third-order valence-electron chi connectivity index (χ3n) is 3.79. The van der Waals surface area contributed by atoms with Gasteiger partial charge in [0.05, 0.1) is 6.61 Å². The van der Waals surface area contributed by atoms with Crippen molar-refractivity contribution in [3.8, 4) is 11.5 Å². The van der Waals surface area contributed by atoms with Crippen LogP contribution in [-0.2, 0) is 11.4 Å². The first kappa shape index (κ1) is 20.5. The Labute approximate surface area is 172 Å². The van der Waals surface area contributed by atoms with Gasteiger partial charge in [0, 0.05) is 0 Å². The molecule has 0 aliphatic rings. The smallest absolute Gasteiger partial charge is 0.342 e. The fourth-order valence-electron chi connectivity index (χ4n) is 2.49. The number of nitrogens with zero attached hydrogens (tertiary/aromatic N) is 2. The third-order valence-corrected chi connectivity index (χ3v) is 4.67. The highest BCUT2D eigenvalue weighted by atomic mass is 32.2. The number of ether oxygens (including phenoxy) is 2. The zero-order chi connectivity index (χ0) is 20.6. The molecule has 0 unspecified atom stereocenters. The molecule has 0 aliphatic carbocycles. The Balaban J connectivity index is 1.81. The molecular formula is C21H21N3O4S. The monoisotopic (exact) mass is 411 g/mol. The normalized spacial score (nSPS) is 11.3. The van der Waals surface area contributed by atoms with Crippen molar-refractivity contribution in [2.75, 3.05) is 6.61 Å². The lowest BCUT2D eigenvalue weighted by atomic mass is 10.2. The second-order valence-corrected chi connectivity index (χ2v) is 7.04. The first-order chi connectivity index (χ1) is 14.0. The molecule has 8 heteroatoms. The summed E-state index contributed by atoms with van der Waals surface area (Å²) in [5, 5.41) is 16.6. The van der Waals surface area contributed by atoms with E-state index in [-0.39, 0.29) is 4.91 Å². The van der Waals surface area contributed by atoms with Gasteiger partial charge in [0.15, 0.2) is 11.5 Å². The van der Waals surface area contributed by atoms with E-state index < -0.39 is 5.97 Å². The minimum absolute atomic E-state index is 0.101. The molecule has 0 bridgehead atoms. The van der Waals surface area contributed by atoms with Crippen LogP contribution in [0.15, 0.2) is 58.6 Å². The molecule has 0 spiro atoms. The van der Waals surface area contributed by atoms with Crippen molar-refractivity contribution in [1.29, 1.82) is 0 Å². The quantitative estimate of drug-likeness (QED) is 0.400. The predicted octanol–water partition coefficient (Wildman–Crippen LogP) is 4.31. The SMILES string of the molecule is CCOc1cc(/C=C(\Sc2n[nH]c(C)n2)C(=O)O)ccc1OCc1ccccc1. The molecule has 150 valence electrons. The molecule has 3 rings (SSSR count). The van der Waals surface area contributed by atoms with Gasteiger partial charge in [0.25, 0.3) is 0 Å². The van der Waals surface area contributed by atoms with Crippen LogP contribution in [-0.4, -0.2) is 32.9 Å². The average Bonchev–Trinajstić information content (AvgIpc) is 3.12. The molecule has 0 saturated carbocycles. The van der Waals surface area contributed by atoms with Crippen molar-refractivity contribution in [2.45, 2.75) is 25.6 Å². The summed E-state index contributed by atoms with van der Waals surface area (Å²) in [7, 11) is 0. The van der Waals surface area contributed by atoms with E-state index in [1.54, 1.807) is 31.2 Å². The van der Waals surface area contributed by atoms with Gasteiger partial charge in [-0.1, -0.05) is 36.4 Å². The number of aromatic amines is 1. The Morgan fingerprint density at radius 2 is 1.97 bits per heavy atom. The molecule has 1 aromatic heterocycles. The van der Waals surface area contributed by atoms with Gasteiger partial charge in [0.1, 0.15) is 17.3 Å². The zero-order valence-electron chi connectivity index (χ0n) is 16.1. The van der Waals surface area contributed by atoms with Crippen molar-refractivity contribution >= 4 is 23.8 Å². The van der Waals surface area contributed by atoms with Crippen LogP contribution in [0.2, 0.25) is 0 Å². The van der Waals surface area contributed by atoms with Crippen molar-refractivity contribution in [3.05, 3.63) is 70.4 Å². The highest BCUT2D eigenvalue weighted by Gasteiger charge is 2.14. The van der Waals surface area contributed by atoms with Gasteiger partial charge in [-0.05, 0) is 54.9 Å². The van der Waals surface area contributed by atoms with Crippen molar-refractivity contribution < 1.29 is 19.4 Å². The summed E-state index contributed by atoms with van der Waals surface area (Å²) in [6, 6.07) is 15.2. The number of rotatable bonds is 9. The number of aryl methyl sites for hydroxylation is 1. The number of nitrogens with one attached hydrogen (secondary N) is 1. The van der Waals surface area contributed by atoms with Crippen LogP contribution in [0.1, 0.15) is 23.9 Å². The van der Waals surface area contributed by atoms with Gasteiger partial charge in [-0.2, -0.15) is 0 Å². The first-order valence-electron chi connectivity index (χ1n) is 9.00. The number of thioether (sulfide) groups is 1. The molecule has 0 amide bonds. The Morgan fingerprint density at radius 3 is 2.62 bits per heavy atom. The average molecular weight is 411 g/mol. The summed E-state index contributed by atoms with van der Waals surface area (Å²) in [5.41, 5.74) is 1.72. The maximum Gasteiger partial charge on any atom is 0.342 e. The molecule has 0 radical (unpaired) electrons. The highest BCUT2D eigenvalue weighted by molar-refractivity contribution is 8.04. The summed E-state index contributed by atoms with van der Waals surface area (Å²) in [6.45, 7) is 4.51. The zero-order valence-corrected chi connectivity index (χ0v) is 16.9. The van der Waals surface area contributed by atoms with Gasteiger partial charge in [-0.15, -0.1) is 5.10 Å². The molecule has 0 atom stereocenters. The molecule has 7 nitrogen and oxygen atoms in total. The summed E-state index contributed by atoms with van der Waals surface area (Å²) in [6.07, 6.45) is 1.56. The molecule has 1 heterocycles. The number of hydrogen-bond donors (Lipinski definition) is 2. The van der Waals surface area contributed by atoms with Gasteiger partial charge >= 0.3 is 5.97 Å². The van der Waals surface area contributed by atoms with Crippen LogP contribution in [0.3, 0.4) is 0 Å². The van der Waals surface area contributed by atoms with Crippen LogP contribution in [0.25, 0.3) is 6.08 Å². The van der Waals surface area contributed by atoms with E-state index in [1.165, 1.54) is 0 Å². The van der Waals surface area contributed by atoms with E-state index in [1.807, 2.05) is 37.3 Å². The number of H-pyrrole nitrogens is 1. The lowest BCUT2D eigenvalue weighted by Crippen LogP contribution is -2.00. The van der Waals surface area contributed by atoms with Gasteiger partial charge < -0.3 is 14.6 Å². The minimum atomic E-state index is -1.06. The Kier molecular flexibility index (Phi) is 6.91. The fourth-order valence-corrected chi connectivity index (χ4v) is 3.24. The van der Waals surface area contributed by atoms with Crippen LogP contribution >= 0.6 is 11.8 Å². The number of hydrogen-bond acceptors (Lipinski definition) is 6. The van der Waals surface area contributed by atoms with E-state index in [0.29, 0.717) is 41.3 Å². The van der Waals surface area contributed by atoms with E-state index in [0.717, 1.165) is 17.3 Å².